The molecule has 2 atom stereocenters. The third-order valence-electron chi connectivity index (χ3n) is 6.68. The lowest BCUT2D eigenvalue weighted by atomic mass is 9.91. The second-order valence-electron chi connectivity index (χ2n) is 9.67. The summed E-state index contributed by atoms with van der Waals surface area (Å²) in [6, 6.07) is 6.28. The number of benzene rings is 1. The SMILES string of the molecule is C=CC(=O)CC[C@@H](NC(=O)[C@@H](CC(C)=O)Cc1nc2ccc(C(C)C)cc2s1)C1CCCC1. The van der Waals surface area contributed by atoms with Crippen LogP contribution < -0.4 is 5.32 Å². The van der Waals surface area contributed by atoms with Crippen LogP contribution in [0.4, 0.5) is 0 Å². The minimum atomic E-state index is -0.452. The van der Waals surface area contributed by atoms with Crippen LogP contribution in [0.15, 0.2) is 30.9 Å². The van der Waals surface area contributed by atoms with Crippen molar-refractivity contribution in [3.8, 4) is 0 Å². The predicted molar refractivity (Wildman–Crippen MR) is 135 cm³/mol. The van der Waals surface area contributed by atoms with Crippen molar-refractivity contribution in [3.63, 3.8) is 0 Å². The third-order valence-corrected chi connectivity index (χ3v) is 7.72. The predicted octanol–water partition coefficient (Wildman–Crippen LogP) is 5.77. The highest BCUT2D eigenvalue weighted by Crippen LogP contribution is 2.31. The number of allylic oxidation sites excluding steroid dienone is 1. The summed E-state index contributed by atoms with van der Waals surface area (Å²) < 4.78 is 1.12. The molecule has 1 saturated carbocycles. The van der Waals surface area contributed by atoms with Crippen molar-refractivity contribution < 1.29 is 14.4 Å². The standard InChI is InChI=1S/C27H36N2O3S/c1-5-22(31)11-13-23(19-8-6-7-9-19)29-27(32)21(14-18(4)30)16-26-28-24-12-10-20(17(2)3)15-25(24)33-26/h5,10,12,15,17,19,21,23H,1,6-9,11,13-14,16H2,2-4H3,(H,29,32)/t21-,23+/m0/s1. The van der Waals surface area contributed by atoms with Crippen molar-refractivity contribution >= 4 is 39.0 Å². The Hall–Kier alpha value is -2.34. The lowest BCUT2D eigenvalue weighted by molar-refractivity contribution is -0.129. The first-order valence-corrected chi connectivity index (χ1v) is 12.9. The molecule has 0 radical (unpaired) electrons. The summed E-state index contributed by atoms with van der Waals surface area (Å²) in [6.07, 6.45) is 7.46. The van der Waals surface area contributed by atoms with Crippen LogP contribution in [0, 0.1) is 11.8 Å². The van der Waals surface area contributed by atoms with E-state index in [0.717, 1.165) is 40.9 Å². The molecule has 1 amide bonds. The minimum absolute atomic E-state index is 0.00222. The second kappa shape index (κ2) is 11.7. The molecule has 1 aliphatic carbocycles. The van der Waals surface area contributed by atoms with Gasteiger partial charge in [-0.15, -0.1) is 11.3 Å². The highest BCUT2D eigenvalue weighted by Gasteiger charge is 2.30. The Morgan fingerprint density at radius 2 is 1.97 bits per heavy atom. The van der Waals surface area contributed by atoms with E-state index >= 15 is 0 Å². The van der Waals surface area contributed by atoms with Crippen molar-refractivity contribution in [3.05, 3.63) is 41.4 Å². The number of Topliss-reactive ketones (excluding diaryl/α,β-unsaturated/α-hetero) is 1. The van der Waals surface area contributed by atoms with E-state index in [9.17, 15) is 14.4 Å². The number of nitrogens with zero attached hydrogens (tertiary/aromatic N) is 1. The van der Waals surface area contributed by atoms with Gasteiger partial charge in [0.2, 0.25) is 5.91 Å². The van der Waals surface area contributed by atoms with Crippen molar-refractivity contribution in [1.82, 2.24) is 10.3 Å². The number of hydrogen-bond acceptors (Lipinski definition) is 5. The zero-order chi connectivity index (χ0) is 24.0. The number of amides is 1. The van der Waals surface area contributed by atoms with Crippen LogP contribution >= 0.6 is 11.3 Å². The Bertz CT molecular complexity index is 1000. The summed E-state index contributed by atoms with van der Waals surface area (Å²) in [5, 5.41) is 4.10. The average molecular weight is 469 g/mol. The van der Waals surface area contributed by atoms with Crippen molar-refractivity contribution in [1.29, 1.82) is 0 Å². The molecule has 5 nitrogen and oxygen atoms in total. The summed E-state index contributed by atoms with van der Waals surface area (Å²) in [7, 11) is 0. The number of ketones is 2. The van der Waals surface area contributed by atoms with E-state index in [-0.39, 0.29) is 29.9 Å². The van der Waals surface area contributed by atoms with Gasteiger partial charge in [-0.2, -0.15) is 0 Å². The summed E-state index contributed by atoms with van der Waals surface area (Å²) in [6.45, 7) is 9.42. The fourth-order valence-electron chi connectivity index (χ4n) is 4.74. The topological polar surface area (TPSA) is 76.1 Å². The van der Waals surface area contributed by atoms with E-state index < -0.39 is 5.92 Å². The molecule has 0 saturated heterocycles. The second-order valence-corrected chi connectivity index (χ2v) is 10.8. The number of aromatic nitrogens is 1. The lowest BCUT2D eigenvalue weighted by Crippen LogP contribution is -2.43. The van der Waals surface area contributed by atoms with E-state index in [1.54, 1.807) is 11.3 Å². The van der Waals surface area contributed by atoms with E-state index in [1.807, 2.05) is 6.07 Å². The Balaban J connectivity index is 1.75. The molecule has 1 aromatic carbocycles. The van der Waals surface area contributed by atoms with Crippen LogP contribution in [0.1, 0.15) is 82.2 Å². The first-order valence-electron chi connectivity index (χ1n) is 12.1. The molecule has 33 heavy (non-hydrogen) atoms. The number of hydrogen-bond donors (Lipinski definition) is 1. The van der Waals surface area contributed by atoms with Crippen molar-refractivity contribution in [2.75, 3.05) is 0 Å². The maximum atomic E-state index is 13.3. The maximum absolute atomic E-state index is 13.3. The molecule has 2 aromatic rings. The Kier molecular flexibility index (Phi) is 8.95. The summed E-state index contributed by atoms with van der Waals surface area (Å²) in [5.41, 5.74) is 2.21. The van der Waals surface area contributed by atoms with Crippen LogP contribution in [-0.4, -0.2) is 28.5 Å². The molecule has 1 aromatic heterocycles. The van der Waals surface area contributed by atoms with E-state index in [1.165, 1.54) is 18.6 Å². The zero-order valence-corrected chi connectivity index (χ0v) is 20.9. The Morgan fingerprint density at radius 3 is 2.61 bits per heavy atom. The number of carbonyl (C=O) groups is 3. The number of carbonyl (C=O) groups excluding carboxylic acids is 3. The van der Waals surface area contributed by atoms with Crippen LogP contribution in [-0.2, 0) is 20.8 Å². The molecule has 1 heterocycles. The van der Waals surface area contributed by atoms with Gasteiger partial charge in [0, 0.05) is 25.3 Å². The molecular formula is C27H36N2O3S. The highest BCUT2D eigenvalue weighted by atomic mass is 32.1. The molecule has 0 bridgehead atoms. The zero-order valence-electron chi connectivity index (χ0n) is 20.1. The molecule has 0 unspecified atom stereocenters. The van der Waals surface area contributed by atoms with Crippen LogP contribution in [0.3, 0.4) is 0 Å². The molecule has 3 rings (SSSR count). The Labute approximate surface area is 201 Å². The summed E-state index contributed by atoms with van der Waals surface area (Å²) >= 11 is 1.60. The fraction of sp³-hybridized carbons (Fsp3) is 0.556. The van der Waals surface area contributed by atoms with Gasteiger partial charge in [0.25, 0.3) is 0 Å². The molecule has 1 fully saturated rings. The number of nitrogens with one attached hydrogen (secondary N) is 1. The summed E-state index contributed by atoms with van der Waals surface area (Å²) in [4.78, 5) is 41.9. The van der Waals surface area contributed by atoms with E-state index in [4.69, 9.17) is 4.98 Å². The minimum Gasteiger partial charge on any atom is -0.353 e. The maximum Gasteiger partial charge on any atom is 0.224 e. The first kappa shape index (κ1) is 25.3. The molecule has 178 valence electrons. The highest BCUT2D eigenvalue weighted by molar-refractivity contribution is 7.18. The smallest absolute Gasteiger partial charge is 0.224 e. The quantitative estimate of drug-likeness (QED) is 0.401. The Morgan fingerprint density at radius 1 is 1.24 bits per heavy atom. The van der Waals surface area contributed by atoms with Crippen molar-refractivity contribution in [2.45, 2.75) is 84.1 Å². The molecule has 1 aliphatic rings. The van der Waals surface area contributed by atoms with Gasteiger partial charge in [0.1, 0.15) is 5.78 Å². The van der Waals surface area contributed by atoms with Gasteiger partial charge < -0.3 is 10.1 Å². The van der Waals surface area contributed by atoms with Crippen LogP contribution in [0.2, 0.25) is 0 Å². The van der Waals surface area contributed by atoms with Crippen LogP contribution in [0.5, 0.6) is 0 Å². The molecular weight excluding hydrogens is 432 g/mol. The number of thiazole rings is 1. The van der Waals surface area contributed by atoms with Gasteiger partial charge in [-0.05, 0) is 61.8 Å². The molecule has 0 spiro atoms. The van der Waals surface area contributed by atoms with Crippen LogP contribution in [0.25, 0.3) is 10.2 Å². The number of rotatable bonds is 12. The number of fused-ring (bicyclic) bond motifs is 1. The lowest BCUT2D eigenvalue weighted by Gasteiger charge is -2.26. The van der Waals surface area contributed by atoms with E-state index in [2.05, 4.69) is 37.9 Å². The molecule has 1 N–H and O–H groups in total. The third kappa shape index (κ3) is 7.07. The van der Waals surface area contributed by atoms with Gasteiger partial charge in [0.15, 0.2) is 5.78 Å². The monoisotopic (exact) mass is 468 g/mol. The van der Waals surface area contributed by atoms with Gasteiger partial charge in [-0.25, -0.2) is 4.98 Å². The van der Waals surface area contributed by atoms with Gasteiger partial charge >= 0.3 is 0 Å². The average Bonchev–Trinajstić information content (AvgIpc) is 3.44. The van der Waals surface area contributed by atoms with E-state index in [0.29, 0.717) is 31.1 Å². The van der Waals surface area contributed by atoms with Gasteiger partial charge in [0.05, 0.1) is 21.1 Å². The normalized spacial score (nSPS) is 16.1. The first-order chi connectivity index (χ1) is 15.8. The largest absolute Gasteiger partial charge is 0.353 e. The summed E-state index contributed by atoms with van der Waals surface area (Å²) in [5.74, 6) is 0.278. The molecule has 0 aliphatic heterocycles. The van der Waals surface area contributed by atoms with Gasteiger partial charge in [-0.3, -0.25) is 9.59 Å². The fourth-order valence-corrected chi connectivity index (χ4v) is 5.83. The van der Waals surface area contributed by atoms with Gasteiger partial charge in [-0.1, -0.05) is 39.3 Å². The molecule has 6 heteroatoms. The van der Waals surface area contributed by atoms with Crippen molar-refractivity contribution in [2.24, 2.45) is 11.8 Å².